The molecule has 1 aliphatic heterocycles. The highest BCUT2D eigenvalue weighted by Crippen LogP contribution is 2.32. The third-order valence-electron chi connectivity index (χ3n) is 5.03. The highest BCUT2D eigenvalue weighted by atomic mass is 16.4. The second-order valence-corrected chi connectivity index (χ2v) is 6.66. The van der Waals surface area contributed by atoms with E-state index in [0.717, 1.165) is 31.5 Å². The van der Waals surface area contributed by atoms with Crippen LogP contribution in [0.5, 0.6) is 0 Å². The van der Waals surface area contributed by atoms with E-state index in [0.29, 0.717) is 18.3 Å². The minimum atomic E-state index is -0.890. The van der Waals surface area contributed by atoms with Gasteiger partial charge in [-0.2, -0.15) is 0 Å². The van der Waals surface area contributed by atoms with Gasteiger partial charge < -0.3 is 10.0 Å². The average Bonchev–Trinajstić information content (AvgIpc) is 2.99. The number of allylic oxidation sites excluding steroid dienone is 1. The molecule has 2 aliphatic rings. The molecule has 1 saturated heterocycles. The maximum absolute atomic E-state index is 12.5. The molecule has 122 valence electrons. The SMILES string of the molecule is O=C(O)[C@H](CC(=O)N1C[C@H]2CCC=C[C@H]2C1)Cc1ccccc1. The fourth-order valence-electron chi connectivity index (χ4n) is 3.69. The Balaban J connectivity index is 1.60. The van der Waals surface area contributed by atoms with Crippen LogP contribution in [-0.4, -0.2) is 35.0 Å². The number of nitrogens with zero attached hydrogens (tertiary/aromatic N) is 1. The van der Waals surface area contributed by atoms with Crippen molar-refractivity contribution in [3.05, 3.63) is 48.0 Å². The van der Waals surface area contributed by atoms with E-state index < -0.39 is 11.9 Å². The summed E-state index contributed by atoms with van der Waals surface area (Å²) < 4.78 is 0. The van der Waals surface area contributed by atoms with Gasteiger partial charge in [0.2, 0.25) is 5.91 Å². The van der Waals surface area contributed by atoms with Crippen LogP contribution in [0.25, 0.3) is 0 Å². The number of carboxylic acids is 1. The van der Waals surface area contributed by atoms with E-state index >= 15 is 0 Å². The number of carbonyl (C=O) groups is 2. The maximum atomic E-state index is 12.5. The number of fused-ring (bicyclic) bond motifs is 1. The summed E-state index contributed by atoms with van der Waals surface area (Å²) in [7, 11) is 0. The van der Waals surface area contributed by atoms with Crippen LogP contribution in [0.15, 0.2) is 42.5 Å². The van der Waals surface area contributed by atoms with Gasteiger partial charge in [-0.3, -0.25) is 9.59 Å². The van der Waals surface area contributed by atoms with Gasteiger partial charge in [-0.05, 0) is 36.7 Å². The molecule has 0 unspecified atom stereocenters. The molecule has 1 heterocycles. The Morgan fingerprint density at radius 3 is 2.70 bits per heavy atom. The van der Waals surface area contributed by atoms with Gasteiger partial charge in [-0.15, -0.1) is 0 Å². The molecule has 23 heavy (non-hydrogen) atoms. The number of carbonyl (C=O) groups excluding carboxylic acids is 1. The van der Waals surface area contributed by atoms with Crippen molar-refractivity contribution in [3.8, 4) is 0 Å². The summed E-state index contributed by atoms with van der Waals surface area (Å²) in [5.74, 6) is -0.538. The van der Waals surface area contributed by atoms with Crippen molar-refractivity contribution in [3.63, 3.8) is 0 Å². The number of hydrogen-bond donors (Lipinski definition) is 1. The first kappa shape index (κ1) is 15.8. The molecule has 0 saturated carbocycles. The van der Waals surface area contributed by atoms with Gasteiger partial charge >= 0.3 is 5.97 Å². The Morgan fingerprint density at radius 2 is 2.00 bits per heavy atom. The molecule has 4 heteroatoms. The van der Waals surface area contributed by atoms with Crippen molar-refractivity contribution in [1.82, 2.24) is 4.90 Å². The molecule has 1 amide bonds. The highest BCUT2D eigenvalue weighted by Gasteiger charge is 2.35. The lowest BCUT2D eigenvalue weighted by molar-refractivity contribution is -0.145. The van der Waals surface area contributed by atoms with Crippen LogP contribution in [0, 0.1) is 17.8 Å². The predicted molar refractivity (Wildman–Crippen MR) is 87.8 cm³/mol. The third kappa shape index (κ3) is 3.81. The molecule has 1 aromatic rings. The molecule has 0 radical (unpaired) electrons. The van der Waals surface area contributed by atoms with E-state index in [4.69, 9.17) is 0 Å². The van der Waals surface area contributed by atoms with Crippen LogP contribution < -0.4 is 0 Å². The van der Waals surface area contributed by atoms with E-state index in [1.54, 1.807) is 0 Å². The normalized spacial score (nSPS) is 24.3. The fourth-order valence-corrected chi connectivity index (χ4v) is 3.69. The van der Waals surface area contributed by atoms with Crippen molar-refractivity contribution in [2.45, 2.75) is 25.7 Å². The number of aliphatic carboxylic acids is 1. The van der Waals surface area contributed by atoms with E-state index in [1.165, 1.54) is 0 Å². The number of amides is 1. The maximum Gasteiger partial charge on any atom is 0.307 e. The third-order valence-corrected chi connectivity index (χ3v) is 5.03. The average molecular weight is 313 g/mol. The van der Waals surface area contributed by atoms with E-state index in [2.05, 4.69) is 12.2 Å². The summed E-state index contributed by atoms with van der Waals surface area (Å²) in [6.07, 6.45) is 7.15. The zero-order valence-corrected chi connectivity index (χ0v) is 13.2. The molecular formula is C19H23NO3. The Bertz CT molecular complexity index is 596. The van der Waals surface area contributed by atoms with Gasteiger partial charge in [0.25, 0.3) is 0 Å². The van der Waals surface area contributed by atoms with Crippen LogP contribution in [0.1, 0.15) is 24.8 Å². The highest BCUT2D eigenvalue weighted by molar-refractivity contribution is 5.82. The van der Waals surface area contributed by atoms with Gasteiger partial charge in [-0.25, -0.2) is 0 Å². The molecule has 1 aliphatic carbocycles. The summed E-state index contributed by atoms with van der Waals surface area (Å²) >= 11 is 0. The molecule has 1 aromatic carbocycles. The zero-order chi connectivity index (χ0) is 16.2. The molecule has 0 aromatic heterocycles. The number of carboxylic acid groups (broad SMARTS) is 1. The van der Waals surface area contributed by atoms with Gasteiger partial charge in [-0.1, -0.05) is 42.5 Å². The fraction of sp³-hybridized carbons (Fsp3) is 0.474. The van der Waals surface area contributed by atoms with Gasteiger partial charge in [0.1, 0.15) is 0 Å². The number of likely N-dealkylation sites (tertiary alicyclic amines) is 1. The second kappa shape index (κ2) is 6.99. The van der Waals surface area contributed by atoms with Crippen LogP contribution >= 0.6 is 0 Å². The Kier molecular flexibility index (Phi) is 4.79. The summed E-state index contributed by atoms with van der Waals surface area (Å²) in [6, 6.07) is 9.52. The zero-order valence-electron chi connectivity index (χ0n) is 13.2. The van der Waals surface area contributed by atoms with Crippen molar-refractivity contribution >= 4 is 11.9 Å². The van der Waals surface area contributed by atoms with Gasteiger partial charge in [0.15, 0.2) is 0 Å². The Hall–Kier alpha value is -2.10. The monoisotopic (exact) mass is 313 g/mol. The number of benzene rings is 1. The Labute approximate surface area is 136 Å². The van der Waals surface area contributed by atoms with Crippen molar-refractivity contribution in [2.75, 3.05) is 13.1 Å². The van der Waals surface area contributed by atoms with E-state index in [-0.39, 0.29) is 12.3 Å². The standard InChI is InChI=1S/C19H23NO3/c21-18(20-12-15-8-4-5-9-16(15)13-20)11-17(19(22)23)10-14-6-2-1-3-7-14/h1-4,6-8,15-17H,5,9-13H2,(H,22,23)/t15-,16+,17-/m0/s1. The quantitative estimate of drug-likeness (QED) is 0.850. The van der Waals surface area contributed by atoms with Crippen molar-refractivity contribution in [2.24, 2.45) is 17.8 Å². The van der Waals surface area contributed by atoms with Gasteiger partial charge in [0, 0.05) is 19.5 Å². The minimum Gasteiger partial charge on any atom is -0.481 e. The lowest BCUT2D eigenvalue weighted by atomic mass is 9.87. The van der Waals surface area contributed by atoms with Crippen molar-refractivity contribution < 1.29 is 14.7 Å². The van der Waals surface area contributed by atoms with Crippen LogP contribution in [0.2, 0.25) is 0 Å². The number of rotatable bonds is 5. The van der Waals surface area contributed by atoms with Crippen LogP contribution in [-0.2, 0) is 16.0 Å². The van der Waals surface area contributed by atoms with Gasteiger partial charge in [0.05, 0.1) is 5.92 Å². The van der Waals surface area contributed by atoms with Crippen LogP contribution in [0.3, 0.4) is 0 Å². The molecule has 4 nitrogen and oxygen atoms in total. The lowest BCUT2D eigenvalue weighted by Gasteiger charge is -2.19. The molecular weight excluding hydrogens is 290 g/mol. The van der Waals surface area contributed by atoms with Crippen molar-refractivity contribution in [1.29, 1.82) is 0 Å². The summed E-state index contributed by atoms with van der Waals surface area (Å²) in [5.41, 5.74) is 0.964. The first-order valence-corrected chi connectivity index (χ1v) is 8.34. The minimum absolute atomic E-state index is 0.0175. The summed E-state index contributed by atoms with van der Waals surface area (Å²) in [5, 5.41) is 9.45. The second-order valence-electron chi connectivity index (χ2n) is 6.66. The van der Waals surface area contributed by atoms with E-state index in [9.17, 15) is 14.7 Å². The molecule has 3 rings (SSSR count). The van der Waals surface area contributed by atoms with E-state index in [1.807, 2.05) is 35.2 Å². The molecule has 3 atom stereocenters. The first-order valence-electron chi connectivity index (χ1n) is 8.34. The summed E-state index contributed by atoms with van der Waals surface area (Å²) in [4.78, 5) is 25.9. The molecule has 1 fully saturated rings. The topological polar surface area (TPSA) is 57.6 Å². The molecule has 0 spiro atoms. The smallest absolute Gasteiger partial charge is 0.307 e. The first-order chi connectivity index (χ1) is 11.1. The molecule has 1 N–H and O–H groups in total. The summed E-state index contributed by atoms with van der Waals surface area (Å²) in [6.45, 7) is 1.53. The predicted octanol–water partition coefficient (Wildman–Crippen LogP) is 2.74. The largest absolute Gasteiger partial charge is 0.481 e. The molecule has 0 bridgehead atoms. The van der Waals surface area contributed by atoms with Crippen LogP contribution in [0.4, 0.5) is 0 Å². The number of hydrogen-bond acceptors (Lipinski definition) is 2. The lowest BCUT2D eigenvalue weighted by Crippen LogP contribution is -2.32. The Morgan fingerprint density at radius 1 is 1.22 bits per heavy atom.